The Morgan fingerprint density at radius 3 is 2.56 bits per heavy atom. The van der Waals surface area contributed by atoms with Gasteiger partial charge in [-0.05, 0) is 72.5 Å². The van der Waals surface area contributed by atoms with E-state index in [4.69, 9.17) is 15.6 Å². The van der Waals surface area contributed by atoms with E-state index in [9.17, 15) is 18.4 Å². The van der Waals surface area contributed by atoms with E-state index in [1.54, 1.807) is 24.1 Å². The summed E-state index contributed by atoms with van der Waals surface area (Å²) in [4.78, 5) is 33.2. The van der Waals surface area contributed by atoms with Gasteiger partial charge in [0, 0.05) is 47.9 Å². The number of hydrogen-bond donors (Lipinski definition) is 3. The van der Waals surface area contributed by atoms with Crippen molar-refractivity contribution >= 4 is 40.7 Å². The third-order valence-corrected chi connectivity index (χ3v) is 6.63. The first-order valence-electron chi connectivity index (χ1n) is 12.0. The van der Waals surface area contributed by atoms with Gasteiger partial charge in [-0.15, -0.1) is 0 Å². The third-order valence-electron chi connectivity index (χ3n) is 6.05. The van der Waals surface area contributed by atoms with Crippen molar-refractivity contribution in [2.24, 2.45) is 5.14 Å². The molecule has 5 N–H and O–H groups in total. The van der Waals surface area contributed by atoms with E-state index in [0.717, 1.165) is 46.1 Å². The van der Waals surface area contributed by atoms with Gasteiger partial charge >= 0.3 is 0 Å². The molecule has 5 rings (SSSR count). The molecule has 39 heavy (non-hydrogen) atoms. The van der Waals surface area contributed by atoms with E-state index < -0.39 is 11.6 Å². The van der Waals surface area contributed by atoms with Gasteiger partial charge in [-0.2, -0.15) is 0 Å². The minimum absolute atomic E-state index is 0.0646. The molecule has 0 aliphatic carbocycles. The molecule has 1 fully saturated rings. The number of nitrogens with one attached hydrogen (secondary N) is 1. The number of rotatable bonds is 4. The predicted octanol–water partition coefficient (Wildman–Crippen LogP) is 4.28. The van der Waals surface area contributed by atoms with E-state index in [1.165, 1.54) is 12.1 Å². The molecule has 2 aromatic carbocycles. The minimum Gasteiger partial charge on any atom is -0.383 e. The summed E-state index contributed by atoms with van der Waals surface area (Å²) in [6, 6.07) is 12.9. The van der Waals surface area contributed by atoms with Crippen LogP contribution in [0.5, 0.6) is 0 Å². The Labute approximate surface area is 227 Å². The number of aromatic nitrogens is 2. The predicted molar refractivity (Wildman–Crippen MR) is 150 cm³/mol. The van der Waals surface area contributed by atoms with Gasteiger partial charge in [0.25, 0.3) is 5.56 Å². The maximum absolute atomic E-state index is 12.5. The van der Waals surface area contributed by atoms with Crippen molar-refractivity contribution in [3.05, 3.63) is 93.9 Å². The third kappa shape index (κ3) is 7.08. The molecule has 0 spiro atoms. The van der Waals surface area contributed by atoms with Crippen LogP contribution in [0.15, 0.2) is 70.5 Å². The highest BCUT2D eigenvalue weighted by Crippen LogP contribution is 2.26. The topological polar surface area (TPSA) is 127 Å². The number of hydrogen-bond acceptors (Lipinski definition) is 7. The van der Waals surface area contributed by atoms with Crippen molar-refractivity contribution in [3.63, 3.8) is 0 Å². The van der Waals surface area contributed by atoms with E-state index in [1.807, 2.05) is 30.3 Å². The number of morpholine rings is 1. The van der Waals surface area contributed by atoms with E-state index in [-0.39, 0.29) is 16.4 Å². The number of carbonyl (C=O) groups excluding carboxylic acids is 1. The van der Waals surface area contributed by atoms with Crippen molar-refractivity contribution in [2.75, 3.05) is 32.0 Å². The highest BCUT2D eigenvalue weighted by molar-refractivity contribution is 7.97. The SMILES string of the molecule is Cc1cc(-c2ccc3nc(N)c(/C=C/C(=O)N4CCOCC4)cc3c2)c[nH]c1=O.NSc1ccc(F)cc1F. The van der Waals surface area contributed by atoms with Gasteiger partial charge in [0.1, 0.15) is 17.5 Å². The molecular weight excluding hydrogens is 524 g/mol. The number of H-pyrrole nitrogens is 1. The summed E-state index contributed by atoms with van der Waals surface area (Å²) < 4.78 is 30.0. The molecular formula is C28H27F2N5O3S. The second-order valence-corrected chi connectivity index (χ2v) is 9.41. The Bertz CT molecular complexity index is 1590. The summed E-state index contributed by atoms with van der Waals surface area (Å²) in [7, 11) is 0. The normalized spacial score (nSPS) is 13.4. The van der Waals surface area contributed by atoms with Crippen LogP contribution in [-0.4, -0.2) is 47.1 Å². The van der Waals surface area contributed by atoms with Crippen LogP contribution in [-0.2, 0) is 9.53 Å². The highest BCUT2D eigenvalue weighted by Gasteiger charge is 2.14. The van der Waals surface area contributed by atoms with Crippen molar-refractivity contribution in [1.29, 1.82) is 0 Å². The van der Waals surface area contributed by atoms with Crippen molar-refractivity contribution in [1.82, 2.24) is 14.9 Å². The number of nitrogen functional groups attached to an aromatic ring is 1. The standard InChI is InChI=1S/C22H22N4O3.C6H5F2NS/c1-14-10-18(13-24-22(14)28)15-2-4-19-17(11-15)12-16(21(23)25-19)3-5-20(27)26-6-8-29-9-7-26;7-4-1-2-6(10-9)5(8)3-4/h2-5,10-13H,6-9H2,1H3,(H2,23,25)(H,24,28);1-3H,9H2/b5-3+;. The Morgan fingerprint density at radius 2 is 1.87 bits per heavy atom. The van der Waals surface area contributed by atoms with Crippen LogP contribution in [0, 0.1) is 18.6 Å². The van der Waals surface area contributed by atoms with Crippen LogP contribution in [0.4, 0.5) is 14.6 Å². The number of nitrogens with two attached hydrogens (primary N) is 2. The van der Waals surface area contributed by atoms with Crippen LogP contribution in [0.25, 0.3) is 28.1 Å². The highest BCUT2D eigenvalue weighted by atomic mass is 32.2. The van der Waals surface area contributed by atoms with Crippen LogP contribution >= 0.6 is 11.9 Å². The number of benzene rings is 2. The Morgan fingerprint density at radius 1 is 1.10 bits per heavy atom. The average molecular weight is 552 g/mol. The van der Waals surface area contributed by atoms with Crippen molar-refractivity contribution in [3.8, 4) is 11.1 Å². The molecule has 4 aromatic rings. The van der Waals surface area contributed by atoms with Gasteiger partial charge in [-0.1, -0.05) is 6.07 Å². The number of amides is 1. The van der Waals surface area contributed by atoms with Crippen LogP contribution in [0.3, 0.4) is 0 Å². The molecule has 0 bridgehead atoms. The molecule has 0 unspecified atom stereocenters. The van der Waals surface area contributed by atoms with E-state index in [0.29, 0.717) is 43.2 Å². The fraction of sp³-hybridized carbons (Fsp3) is 0.179. The number of aryl methyl sites for hydroxylation is 1. The summed E-state index contributed by atoms with van der Waals surface area (Å²) in [6.07, 6.45) is 4.93. The molecule has 0 radical (unpaired) electrons. The molecule has 8 nitrogen and oxygen atoms in total. The number of anilines is 1. The van der Waals surface area contributed by atoms with E-state index >= 15 is 0 Å². The molecule has 1 amide bonds. The lowest BCUT2D eigenvalue weighted by Gasteiger charge is -2.25. The maximum atomic E-state index is 12.5. The summed E-state index contributed by atoms with van der Waals surface area (Å²) in [5.74, 6) is -0.899. The quantitative estimate of drug-likeness (QED) is 0.255. The van der Waals surface area contributed by atoms with Gasteiger partial charge in [0.05, 0.1) is 23.6 Å². The molecule has 1 aliphatic heterocycles. The maximum Gasteiger partial charge on any atom is 0.250 e. The van der Waals surface area contributed by atoms with Crippen LogP contribution < -0.4 is 16.4 Å². The Hall–Kier alpha value is -4.06. The second-order valence-electron chi connectivity index (χ2n) is 8.73. The molecule has 1 saturated heterocycles. The molecule has 0 atom stereocenters. The summed E-state index contributed by atoms with van der Waals surface area (Å²) in [5, 5.41) is 5.96. The number of fused-ring (bicyclic) bond motifs is 1. The number of pyridine rings is 2. The zero-order chi connectivity index (χ0) is 27.9. The number of ether oxygens (including phenoxy) is 1. The summed E-state index contributed by atoms with van der Waals surface area (Å²) in [6.45, 7) is 4.09. The number of carbonyl (C=O) groups is 1. The lowest BCUT2D eigenvalue weighted by atomic mass is 10.0. The zero-order valence-corrected chi connectivity index (χ0v) is 21.9. The molecule has 11 heteroatoms. The summed E-state index contributed by atoms with van der Waals surface area (Å²) in [5.41, 5.74) is 9.98. The molecule has 1 aliphatic rings. The minimum atomic E-state index is -0.618. The van der Waals surface area contributed by atoms with Crippen molar-refractivity contribution < 1.29 is 18.3 Å². The first-order chi connectivity index (χ1) is 18.7. The number of halogens is 2. The largest absolute Gasteiger partial charge is 0.383 e. The molecule has 2 aromatic heterocycles. The van der Waals surface area contributed by atoms with Gasteiger partial charge in [0.2, 0.25) is 5.91 Å². The van der Waals surface area contributed by atoms with Gasteiger partial charge in [0.15, 0.2) is 0 Å². The summed E-state index contributed by atoms with van der Waals surface area (Å²) >= 11 is 0.762. The van der Waals surface area contributed by atoms with Gasteiger partial charge in [-0.25, -0.2) is 13.8 Å². The smallest absolute Gasteiger partial charge is 0.250 e. The lowest BCUT2D eigenvalue weighted by molar-refractivity contribution is -0.129. The van der Waals surface area contributed by atoms with Gasteiger partial charge in [-0.3, -0.25) is 14.7 Å². The Balaban J connectivity index is 0.000000298. The fourth-order valence-corrected chi connectivity index (χ4v) is 4.22. The lowest BCUT2D eigenvalue weighted by Crippen LogP contribution is -2.39. The molecule has 0 saturated carbocycles. The average Bonchev–Trinajstić information content (AvgIpc) is 2.94. The first-order valence-corrected chi connectivity index (χ1v) is 12.9. The Kier molecular flexibility index (Phi) is 9.07. The van der Waals surface area contributed by atoms with Crippen molar-refractivity contribution in [2.45, 2.75) is 11.8 Å². The van der Waals surface area contributed by atoms with Crippen LogP contribution in [0.1, 0.15) is 11.1 Å². The molecule has 202 valence electrons. The monoisotopic (exact) mass is 551 g/mol. The zero-order valence-electron chi connectivity index (χ0n) is 21.1. The first kappa shape index (κ1) is 28.0. The second kappa shape index (κ2) is 12.7. The fourth-order valence-electron chi connectivity index (χ4n) is 3.91. The van der Waals surface area contributed by atoms with Crippen LogP contribution in [0.2, 0.25) is 0 Å². The van der Waals surface area contributed by atoms with E-state index in [2.05, 4.69) is 9.97 Å². The molecule has 3 heterocycles. The van der Waals surface area contributed by atoms with Gasteiger partial charge < -0.3 is 20.4 Å². The number of nitrogens with zero attached hydrogens (tertiary/aromatic N) is 2. The number of aromatic amines is 1.